The molecule has 0 unspecified atom stereocenters. The summed E-state index contributed by atoms with van der Waals surface area (Å²) in [6.07, 6.45) is 0. The lowest BCUT2D eigenvalue weighted by atomic mass is 10.2. The molecule has 3 heteroatoms. The lowest BCUT2D eigenvalue weighted by molar-refractivity contribution is 1.15. The summed E-state index contributed by atoms with van der Waals surface area (Å²) in [6.45, 7) is 1.57. The van der Waals surface area contributed by atoms with Crippen LogP contribution in [-0.2, 0) is 13.1 Å². The number of rotatable bonds is 8. The van der Waals surface area contributed by atoms with Crippen LogP contribution in [0.1, 0.15) is 11.1 Å². The van der Waals surface area contributed by atoms with Gasteiger partial charge in [0.25, 0.3) is 0 Å². The fraction of sp³-hybridized carbons (Fsp3) is 0.0769. The maximum absolute atomic E-state index is 3.59. The Morgan fingerprint density at radius 3 is 1.14 bits per heavy atom. The van der Waals surface area contributed by atoms with E-state index in [2.05, 4.69) is 113 Å². The Balaban J connectivity index is 1.48. The summed E-state index contributed by atoms with van der Waals surface area (Å²) in [4.78, 5) is 0. The van der Waals surface area contributed by atoms with Gasteiger partial charge in [0.15, 0.2) is 0 Å². The molecule has 0 atom stereocenters. The molecule has 0 aliphatic carbocycles. The van der Waals surface area contributed by atoms with Crippen LogP contribution in [0.3, 0.4) is 0 Å². The number of hydrogen-bond donors (Lipinski definition) is 3. The first kappa shape index (κ1) is 18.6. The Bertz CT molecular complexity index is 945. The van der Waals surface area contributed by atoms with Gasteiger partial charge in [-0.25, -0.2) is 0 Å². The normalized spacial score (nSPS) is 10.3. The van der Waals surface area contributed by atoms with Crippen molar-refractivity contribution < 1.29 is 0 Å². The molecular formula is C26H25N3. The molecule has 144 valence electrons. The van der Waals surface area contributed by atoms with E-state index in [9.17, 15) is 0 Å². The van der Waals surface area contributed by atoms with Crippen molar-refractivity contribution in [3.8, 4) is 0 Å². The van der Waals surface area contributed by atoms with E-state index in [0.717, 1.165) is 35.8 Å². The summed E-state index contributed by atoms with van der Waals surface area (Å²) in [6, 6.07) is 37.5. The van der Waals surface area contributed by atoms with Crippen molar-refractivity contribution in [1.29, 1.82) is 0 Å². The first-order valence-electron chi connectivity index (χ1n) is 9.89. The van der Waals surface area contributed by atoms with E-state index in [4.69, 9.17) is 0 Å². The molecule has 0 aliphatic rings. The minimum atomic E-state index is 0.785. The van der Waals surface area contributed by atoms with Crippen molar-refractivity contribution in [2.24, 2.45) is 0 Å². The zero-order valence-electron chi connectivity index (χ0n) is 16.3. The molecule has 0 aromatic heterocycles. The molecule has 0 saturated heterocycles. The second-order valence-electron chi connectivity index (χ2n) is 6.89. The largest absolute Gasteiger partial charge is 0.379 e. The lowest BCUT2D eigenvalue weighted by Crippen LogP contribution is -2.05. The van der Waals surface area contributed by atoms with Crippen molar-refractivity contribution in [3.05, 3.63) is 120 Å². The van der Waals surface area contributed by atoms with Crippen molar-refractivity contribution >= 4 is 22.7 Å². The molecule has 4 aromatic rings. The summed E-state index contributed by atoms with van der Waals surface area (Å²) >= 11 is 0. The van der Waals surface area contributed by atoms with Gasteiger partial charge in [-0.3, -0.25) is 0 Å². The molecule has 0 bridgehead atoms. The third-order valence-electron chi connectivity index (χ3n) is 4.78. The van der Waals surface area contributed by atoms with Crippen LogP contribution in [0, 0.1) is 0 Å². The van der Waals surface area contributed by atoms with Gasteiger partial charge in [0.2, 0.25) is 0 Å². The van der Waals surface area contributed by atoms with Crippen molar-refractivity contribution in [1.82, 2.24) is 0 Å². The van der Waals surface area contributed by atoms with Gasteiger partial charge in [-0.2, -0.15) is 0 Å². The number of hydrogen-bond acceptors (Lipinski definition) is 3. The van der Waals surface area contributed by atoms with Crippen LogP contribution in [0.4, 0.5) is 22.7 Å². The van der Waals surface area contributed by atoms with Gasteiger partial charge in [0, 0.05) is 13.1 Å². The molecule has 3 N–H and O–H groups in total. The summed E-state index contributed by atoms with van der Waals surface area (Å²) in [5, 5.41) is 10.7. The highest BCUT2D eigenvalue weighted by Crippen LogP contribution is 2.30. The van der Waals surface area contributed by atoms with E-state index in [0.29, 0.717) is 0 Å². The molecule has 29 heavy (non-hydrogen) atoms. The van der Waals surface area contributed by atoms with Crippen molar-refractivity contribution in [3.63, 3.8) is 0 Å². The Kier molecular flexibility index (Phi) is 6.08. The maximum Gasteiger partial charge on any atom is 0.0620 e. The van der Waals surface area contributed by atoms with Crippen molar-refractivity contribution in [2.45, 2.75) is 13.1 Å². The van der Waals surface area contributed by atoms with Gasteiger partial charge in [0.05, 0.1) is 22.7 Å². The number of anilines is 4. The summed E-state index contributed by atoms with van der Waals surface area (Å²) < 4.78 is 0. The number of nitrogens with one attached hydrogen (secondary N) is 3. The fourth-order valence-electron chi connectivity index (χ4n) is 3.22. The molecule has 3 nitrogen and oxygen atoms in total. The van der Waals surface area contributed by atoms with Gasteiger partial charge in [-0.05, 0) is 35.4 Å². The van der Waals surface area contributed by atoms with Gasteiger partial charge in [0.1, 0.15) is 0 Å². The molecule has 0 radical (unpaired) electrons. The zero-order chi connectivity index (χ0) is 19.7. The molecule has 0 saturated carbocycles. The predicted molar refractivity (Wildman–Crippen MR) is 124 cm³/mol. The lowest BCUT2D eigenvalue weighted by Gasteiger charge is -2.17. The minimum Gasteiger partial charge on any atom is -0.379 e. The van der Waals surface area contributed by atoms with Crippen LogP contribution in [0.2, 0.25) is 0 Å². The predicted octanol–water partition coefficient (Wildman–Crippen LogP) is 6.65. The molecule has 0 spiro atoms. The van der Waals surface area contributed by atoms with Gasteiger partial charge in [-0.1, -0.05) is 84.9 Å². The highest BCUT2D eigenvalue weighted by molar-refractivity contribution is 5.80. The van der Waals surface area contributed by atoms with E-state index in [-0.39, 0.29) is 0 Å². The third kappa shape index (κ3) is 5.17. The van der Waals surface area contributed by atoms with E-state index in [1.807, 2.05) is 12.1 Å². The molecule has 0 fully saturated rings. The smallest absolute Gasteiger partial charge is 0.0620 e. The Labute approximate surface area is 172 Å². The average molecular weight is 380 g/mol. The highest BCUT2D eigenvalue weighted by Gasteiger charge is 2.06. The summed E-state index contributed by atoms with van der Waals surface area (Å²) in [7, 11) is 0. The molecule has 4 aromatic carbocycles. The highest BCUT2D eigenvalue weighted by atomic mass is 15.0. The summed E-state index contributed by atoms with van der Waals surface area (Å²) in [5.74, 6) is 0. The van der Waals surface area contributed by atoms with Gasteiger partial charge < -0.3 is 16.0 Å². The second kappa shape index (κ2) is 9.47. The van der Waals surface area contributed by atoms with Gasteiger partial charge in [-0.15, -0.1) is 0 Å². The molecule has 4 rings (SSSR count). The van der Waals surface area contributed by atoms with E-state index in [1.54, 1.807) is 0 Å². The van der Waals surface area contributed by atoms with Crippen LogP contribution in [0.25, 0.3) is 0 Å². The molecule has 0 aliphatic heterocycles. The van der Waals surface area contributed by atoms with Crippen LogP contribution in [0.5, 0.6) is 0 Å². The van der Waals surface area contributed by atoms with E-state index >= 15 is 0 Å². The maximum atomic E-state index is 3.59. The zero-order valence-corrected chi connectivity index (χ0v) is 16.3. The third-order valence-corrected chi connectivity index (χ3v) is 4.78. The van der Waals surface area contributed by atoms with Crippen LogP contribution >= 0.6 is 0 Å². The first-order valence-corrected chi connectivity index (χ1v) is 9.89. The van der Waals surface area contributed by atoms with Crippen LogP contribution < -0.4 is 16.0 Å². The first-order chi connectivity index (χ1) is 14.4. The Morgan fingerprint density at radius 1 is 0.379 bits per heavy atom. The van der Waals surface area contributed by atoms with Gasteiger partial charge >= 0.3 is 0 Å². The topological polar surface area (TPSA) is 36.1 Å². The SMILES string of the molecule is c1ccc(CNc2ccccc2Nc2ccccc2NCc2ccccc2)cc1. The van der Waals surface area contributed by atoms with Crippen LogP contribution in [-0.4, -0.2) is 0 Å². The number of benzene rings is 4. The Morgan fingerprint density at radius 2 is 0.724 bits per heavy atom. The number of para-hydroxylation sites is 4. The summed E-state index contributed by atoms with van der Waals surface area (Å²) in [5.41, 5.74) is 6.78. The van der Waals surface area contributed by atoms with E-state index in [1.165, 1.54) is 11.1 Å². The average Bonchev–Trinajstić information content (AvgIpc) is 2.79. The van der Waals surface area contributed by atoms with Crippen molar-refractivity contribution in [2.75, 3.05) is 16.0 Å². The standard InChI is InChI=1S/C26H25N3/c1-3-11-21(12-4-1)19-27-23-15-7-9-17-25(23)29-26-18-10-8-16-24(26)28-20-22-13-5-2-6-14-22/h1-18,27-29H,19-20H2. The molecule has 0 heterocycles. The molecule has 0 amide bonds. The molecular weight excluding hydrogens is 354 g/mol. The monoisotopic (exact) mass is 379 g/mol. The second-order valence-corrected chi connectivity index (χ2v) is 6.89. The Hall–Kier alpha value is -3.72. The fourth-order valence-corrected chi connectivity index (χ4v) is 3.22. The van der Waals surface area contributed by atoms with Crippen LogP contribution in [0.15, 0.2) is 109 Å². The minimum absolute atomic E-state index is 0.785. The van der Waals surface area contributed by atoms with E-state index < -0.39 is 0 Å². The quantitative estimate of drug-likeness (QED) is 0.320.